The second-order valence-corrected chi connectivity index (χ2v) is 4.17. The Balaban J connectivity index is 1.93. The SMILES string of the molecule is N#Cc1oc2ccccc2c1OCc1cncc(F)c1. The zero-order valence-electron chi connectivity index (χ0n) is 10.3. The van der Waals surface area contributed by atoms with Crippen molar-refractivity contribution in [3.63, 3.8) is 0 Å². The van der Waals surface area contributed by atoms with E-state index in [1.165, 1.54) is 12.3 Å². The zero-order chi connectivity index (χ0) is 13.9. The van der Waals surface area contributed by atoms with Crippen LogP contribution in [0.15, 0.2) is 47.1 Å². The van der Waals surface area contributed by atoms with Crippen molar-refractivity contribution < 1.29 is 13.5 Å². The Morgan fingerprint density at radius 2 is 2.15 bits per heavy atom. The largest absolute Gasteiger partial charge is 0.483 e. The minimum Gasteiger partial charge on any atom is -0.483 e. The van der Waals surface area contributed by atoms with Crippen molar-refractivity contribution in [2.24, 2.45) is 0 Å². The summed E-state index contributed by atoms with van der Waals surface area (Å²) < 4.78 is 24.0. The van der Waals surface area contributed by atoms with E-state index in [0.29, 0.717) is 22.3 Å². The Morgan fingerprint density at radius 1 is 1.30 bits per heavy atom. The van der Waals surface area contributed by atoms with Crippen molar-refractivity contribution >= 4 is 11.0 Å². The summed E-state index contributed by atoms with van der Waals surface area (Å²) in [5, 5.41) is 9.78. The molecule has 5 heteroatoms. The first-order chi connectivity index (χ1) is 9.78. The van der Waals surface area contributed by atoms with Crippen LogP contribution in [-0.2, 0) is 6.61 Å². The molecule has 0 bridgehead atoms. The maximum atomic E-state index is 13.0. The van der Waals surface area contributed by atoms with Gasteiger partial charge >= 0.3 is 0 Å². The van der Waals surface area contributed by atoms with Crippen molar-refractivity contribution in [2.45, 2.75) is 6.61 Å². The molecular formula is C15H9FN2O2. The Kier molecular flexibility index (Phi) is 3.05. The number of hydrogen-bond donors (Lipinski definition) is 0. The molecule has 0 saturated heterocycles. The van der Waals surface area contributed by atoms with Crippen LogP contribution in [0.1, 0.15) is 11.3 Å². The Morgan fingerprint density at radius 3 is 2.95 bits per heavy atom. The number of rotatable bonds is 3. The van der Waals surface area contributed by atoms with Gasteiger partial charge in [0, 0.05) is 11.8 Å². The highest BCUT2D eigenvalue weighted by atomic mass is 19.1. The number of halogens is 1. The maximum absolute atomic E-state index is 13.0. The second-order valence-electron chi connectivity index (χ2n) is 4.17. The molecule has 2 aromatic heterocycles. The Bertz CT molecular complexity index is 805. The lowest BCUT2D eigenvalue weighted by molar-refractivity contribution is 0.302. The number of para-hydroxylation sites is 1. The van der Waals surface area contributed by atoms with Crippen molar-refractivity contribution in [3.8, 4) is 11.8 Å². The lowest BCUT2D eigenvalue weighted by Gasteiger charge is -2.04. The number of pyridine rings is 1. The van der Waals surface area contributed by atoms with E-state index >= 15 is 0 Å². The first-order valence-corrected chi connectivity index (χ1v) is 5.92. The third kappa shape index (κ3) is 2.19. The number of furan rings is 1. The van der Waals surface area contributed by atoms with Crippen LogP contribution in [0, 0.1) is 17.1 Å². The van der Waals surface area contributed by atoms with Crippen LogP contribution >= 0.6 is 0 Å². The number of nitriles is 1. The van der Waals surface area contributed by atoms with Gasteiger partial charge in [0.05, 0.1) is 11.6 Å². The highest BCUT2D eigenvalue weighted by Gasteiger charge is 2.15. The predicted molar refractivity (Wildman–Crippen MR) is 69.5 cm³/mol. The fourth-order valence-corrected chi connectivity index (χ4v) is 1.93. The van der Waals surface area contributed by atoms with Gasteiger partial charge in [-0.15, -0.1) is 0 Å². The molecule has 0 saturated carbocycles. The minimum absolute atomic E-state index is 0.107. The van der Waals surface area contributed by atoms with E-state index in [0.717, 1.165) is 6.20 Å². The third-order valence-corrected chi connectivity index (χ3v) is 2.80. The molecular weight excluding hydrogens is 259 g/mol. The van der Waals surface area contributed by atoms with Gasteiger partial charge in [-0.3, -0.25) is 4.98 Å². The van der Waals surface area contributed by atoms with Crippen molar-refractivity contribution in [2.75, 3.05) is 0 Å². The minimum atomic E-state index is -0.427. The fraction of sp³-hybridized carbons (Fsp3) is 0.0667. The van der Waals surface area contributed by atoms with Crippen molar-refractivity contribution in [1.29, 1.82) is 5.26 Å². The monoisotopic (exact) mass is 268 g/mol. The van der Waals surface area contributed by atoms with E-state index in [9.17, 15) is 4.39 Å². The normalized spacial score (nSPS) is 10.4. The Hall–Kier alpha value is -2.87. The average Bonchev–Trinajstić information content (AvgIpc) is 2.83. The van der Waals surface area contributed by atoms with Crippen LogP contribution < -0.4 is 4.74 Å². The molecule has 0 atom stereocenters. The summed E-state index contributed by atoms with van der Waals surface area (Å²) in [5.74, 6) is 0.0478. The van der Waals surface area contributed by atoms with E-state index in [2.05, 4.69) is 4.98 Å². The first-order valence-electron chi connectivity index (χ1n) is 5.92. The van der Waals surface area contributed by atoms with Gasteiger partial charge in [0.1, 0.15) is 24.1 Å². The van der Waals surface area contributed by atoms with Gasteiger partial charge in [-0.1, -0.05) is 12.1 Å². The molecule has 0 unspecified atom stereocenters. The van der Waals surface area contributed by atoms with Crippen LogP contribution in [0.4, 0.5) is 4.39 Å². The smallest absolute Gasteiger partial charge is 0.246 e. The van der Waals surface area contributed by atoms with Crippen LogP contribution in [0.25, 0.3) is 11.0 Å². The molecule has 0 aliphatic heterocycles. The van der Waals surface area contributed by atoms with E-state index in [-0.39, 0.29) is 12.4 Å². The number of fused-ring (bicyclic) bond motifs is 1. The van der Waals surface area contributed by atoms with Crippen molar-refractivity contribution in [1.82, 2.24) is 4.98 Å². The molecule has 4 nitrogen and oxygen atoms in total. The topological polar surface area (TPSA) is 59.0 Å². The molecule has 20 heavy (non-hydrogen) atoms. The van der Waals surface area contributed by atoms with E-state index in [4.69, 9.17) is 14.4 Å². The van der Waals surface area contributed by atoms with Gasteiger partial charge in [0.15, 0.2) is 5.75 Å². The van der Waals surface area contributed by atoms with Gasteiger partial charge in [-0.2, -0.15) is 5.26 Å². The molecule has 3 rings (SSSR count). The van der Waals surface area contributed by atoms with Crippen LogP contribution in [0.5, 0.6) is 5.75 Å². The summed E-state index contributed by atoms with van der Waals surface area (Å²) in [7, 11) is 0. The van der Waals surface area contributed by atoms with Gasteiger partial charge in [-0.25, -0.2) is 4.39 Å². The number of benzene rings is 1. The number of ether oxygens (including phenoxy) is 1. The quantitative estimate of drug-likeness (QED) is 0.730. The number of aromatic nitrogens is 1. The summed E-state index contributed by atoms with van der Waals surface area (Å²) in [6, 6.07) is 10.5. The number of nitrogens with zero attached hydrogens (tertiary/aromatic N) is 2. The molecule has 1 aromatic carbocycles. The summed E-state index contributed by atoms with van der Waals surface area (Å²) in [5.41, 5.74) is 1.16. The third-order valence-electron chi connectivity index (χ3n) is 2.80. The predicted octanol–water partition coefficient (Wildman–Crippen LogP) is 3.42. The molecule has 2 heterocycles. The number of hydrogen-bond acceptors (Lipinski definition) is 4. The zero-order valence-corrected chi connectivity index (χ0v) is 10.3. The van der Waals surface area contributed by atoms with E-state index in [1.807, 2.05) is 18.2 Å². The first kappa shape index (κ1) is 12.2. The molecule has 0 amide bonds. The summed E-state index contributed by atoms with van der Waals surface area (Å²) in [6.45, 7) is 0.114. The highest BCUT2D eigenvalue weighted by Crippen LogP contribution is 2.32. The standard InChI is InChI=1S/C15H9FN2O2/c16-11-5-10(7-18-8-11)9-19-15-12-3-1-2-4-13(12)20-14(15)6-17/h1-5,7-8H,9H2. The fourth-order valence-electron chi connectivity index (χ4n) is 1.93. The van der Waals surface area contributed by atoms with E-state index in [1.54, 1.807) is 12.1 Å². The molecule has 0 spiro atoms. The summed E-state index contributed by atoms with van der Waals surface area (Å²) in [6.07, 6.45) is 2.63. The molecule has 0 aliphatic carbocycles. The molecule has 0 aliphatic rings. The van der Waals surface area contributed by atoms with E-state index < -0.39 is 5.82 Å². The Labute approximate surface area is 114 Å². The molecule has 0 radical (unpaired) electrons. The highest BCUT2D eigenvalue weighted by molar-refractivity contribution is 5.86. The molecule has 3 aromatic rings. The van der Waals surface area contributed by atoms with Gasteiger partial charge in [-0.05, 0) is 18.2 Å². The lowest BCUT2D eigenvalue weighted by Crippen LogP contribution is -1.97. The second kappa shape index (κ2) is 5.02. The molecule has 0 fully saturated rings. The lowest BCUT2D eigenvalue weighted by atomic mass is 10.2. The summed E-state index contributed by atoms with van der Waals surface area (Å²) >= 11 is 0. The maximum Gasteiger partial charge on any atom is 0.246 e. The average molecular weight is 268 g/mol. The van der Waals surface area contributed by atoms with Gasteiger partial charge in [0.25, 0.3) is 0 Å². The van der Waals surface area contributed by atoms with Gasteiger partial charge in [0.2, 0.25) is 5.76 Å². The van der Waals surface area contributed by atoms with Crippen molar-refractivity contribution in [3.05, 3.63) is 59.9 Å². The summed E-state index contributed by atoms with van der Waals surface area (Å²) in [4.78, 5) is 3.75. The van der Waals surface area contributed by atoms with Crippen LogP contribution in [-0.4, -0.2) is 4.98 Å². The van der Waals surface area contributed by atoms with Crippen LogP contribution in [0.2, 0.25) is 0 Å². The van der Waals surface area contributed by atoms with Gasteiger partial charge < -0.3 is 9.15 Å². The molecule has 0 N–H and O–H groups in total. The van der Waals surface area contributed by atoms with Crippen LogP contribution in [0.3, 0.4) is 0 Å². The molecule has 98 valence electrons.